The van der Waals surface area contributed by atoms with Crippen LogP contribution in [0.3, 0.4) is 0 Å². The van der Waals surface area contributed by atoms with Gasteiger partial charge in [0, 0.05) is 18.7 Å². The maximum absolute atomic E-state index is 11.0. The molecule has 1 aromatic carbocycles. The van der Waals surface area contributed by atoms with Crippen molar-refractivity contribution in [2.24, 2.45) is 0 Å². The van der Waals surface area contributed by atoms with E-state index in [1.54, 1.807) is 0 Å². The predicted octanol–water partition coefficient (Wildman–Crippen LogP) is 1.63. The molecule has 3 rings (SSSR count). The highest BCUT2D eigenvalue weighted by Gasteiger charge is 2.43. The lowest BCUT2D eigenvalue weighted by Gasteiger charge is -2.38. The van der Waals surface area contributed by atoms with Crippen LogP contribution in [0.1, 0.15) is 11.9 Å². The van der Waals surface area contributed by atoms with Crippen molar-refractivity contribution in [2.75, 3.05) is 13.7 Å². The molecule has 4 atom stereocenters. The molecule has 2 heterocycles. The van der Waals surface area contributed by atoms with Crippen LogP contribution in [0.4, 0.5) is 0 Å². The lowest BCUT2D eigenvalue weighted by atomic mass is 10.1. The van der Waals surface area contributed by atoms with Gasteiger partial charge in [-0.15, -0.1) is 0 Å². The Kier molecular flexibility index (Phi) is 3.98. The first kappa shape index (κ1) is 14.2. The van der Waals surface area contributed by atoms with Crippen LogP contribution < -0.4 is 0 Å². The molecule has 0 radical (unpaired) electrons. The van der Waals surface area contributed by atoms with Crippen LogP contribution in [0.5, 0.6) is 0 Å². The molecule has 1 aromatic rings. The Balaban J connectivity index is 1.81. The van der Waals surface area contributed by atoms with E-state index in [0.717, 1.165) is 5.56 Å². The molecule has 0 aliphatic carbocycles. The van der Waals surface area contributed by atoms with Gasteiger partial charge in [0.15, 0.2) is 6.29 Å². The van der Waals surface area contributed by atoms with E-state index in [-0.39, 0.29) is 12.3 Å². The lowest BCUT2D eigenvalue weighted by molar-refractivity contribution is -0.458. The number of nitrogens with zero attached hydrogens (tertiary/aromatic N) is 1. The summed E-state index contributed by atoms with van der Waals surface area (Å²) >= 11 is 0. The second-order valence-electron chi connectivity index (χ2n) is 4.77. The van der Waals surface area contributed by atoms with Crippen LogP contribution in [-0.4, -0.2) is 37.1 Å². The summed E-state index contributed by atoms with van der Waals surface area (Å²) < 4.78 is 21.9. The SMILES string of the molecule is COC1O[C@@H]2COC(c3ccccc3)O[C@@H]2C=C1[N+](=O)[O-]. The largest absolute Gasteiger partial charge is 0.347 e. The van der Waals surface area contributed by atoms with Gasteiger partial charge in [0.1, 0.15) is 12.2 Å². The number of methoxy groups -OCH3 is 1. The molecular weight excluding hydrogens is 278 g/mol. The third-order valence-electron chi connectivity index (χ3n) is 3.43. The maximum atomic E-state index is 11.0. The highest BCUT2D eigenvalue weighted by Crippen LogP contribution is 2.32. The molecule has 0 amide bonds. The molecule has 1 saturated heterocycles. The third-order valence-corrected chi connectivity index (χ3v) is 3.43. The lowest BCUT2D eigenvalue weighted by Crippen LogP contribution is -2.48. The summed E-state index contributed by atoms with van der Waals surface area (Å²) in [6, 6.07) is 9.41. The molecule has 2 unspecified atom stereocenters. The Bertz CT molecular complexity index is 546. The highest BCUT2D eigenvalue weighted by molar-refractivity contribution is 5.17. The summed E-state index contributed by atoms with van der Waals surface area (Å²) in [5.41, 5.74) is 0.716. The Morgan fingerprint density at radius 3 is 2.71 bits per heavy atom. The van der Waals surface area contributed by atoms with Gasteiger partial charge < -0.3 is 18.9 Å². The Labute approximate surface area is 121 Å². The number of benzene rings is 1. The molecule has 0 spiro atoms. The van der Waals surface area contributed by atoms with Crippen LogP contribution in [0, 0.1) is 10.1 Å². The van der Waals surface area contributed by atoms with Gasteiger partial charge in [0.2, 0.25) is 0 Å². The molecule has 0 N–H and O–H groups in total. The molecular formula is C14H15NO6. The Morgan fingerprint density at radius 2 is 2.05 bits per heavy atom. The second-order valence-corrected chi connectivity index (χ2v) is 4.77. The van der Waals surface area contributed by atoms with E-state index in [1.807, 2.05) is 30.3 Å². The van der Waals surface area contributed by atoms with Crippen LogP contribution in [0.2, 0.25) is 0 Å². The minimum absolute atomic E-state index is 0.146. The molecule has 2 aliphatic rings. The normalized spacial score (nSPS) is 32.1. The zero-order chi connectivity index (χ0) is 14.8. The second kappa shape index (κ2) is 5.90. The van der Waals surface area contributed by atoms with Crippen LogP contribution >= 0.6 is 0 Å². The smallest absolute Gasteiger partial charge is 0.300 e. The Morgan fingerprint density at radius 1 is 1.29 bits per heavy atom. The van der Waals surface area contributed by atoms with E-state index in [0.29, 0.717) is 0 Å². The van der Waals surface area contributed by atoms with Crippen molar-refractivity contribution in [2.45, 2.75) is 24.8 Å². The fourth-order valence-corrected chi connectivity index (χ4v) is 2.39. The standard InChI is InChI=1S/C14H15NO6/c1-18-14-10(15(16)17)7-11-12(21-14)8-19-13(20-11)9-5-3-2-4-6-9/h2-7,11-14H,8H2,1H3/t11-,12-,13?,14?/m1/s1. The van der Waals surface area contributed by atoms with Gasteiger partial charge in [-0.2, -0.15) is 0 Å². The average molecular weight is 293 g/mol. The summed E-state index contributed by atoms with van der Waals surface area (Å²) in [6.45, 7) is 0.283. The van der Waals surface area contributed by atoms with Crippen molar-refractivity contribution >= 4 is 0 Å². The molecule has 7 heteroatoms. The van der Waals surface area contributed by atoms with E-state index in [2.05, 4.69) is 0 Å². The topological polar surface area (TPSA) is 80.1 Å². The third kappa shape index (κ3) is 2.81. The van der Waals surface area contributed by atoms with E-state index in [4.69, 9.17) is 18.9 Å². The molecule has 7 nitrogen and oxygen atoms in total. The molecule has 0 saturated carbocycles. The fraction of sp³-hybridized carbons (Fsp3) is 0.429. The van der Waals surface area contributed by atoms with E-state index >= 15 is 0 Å². The summed E-state index contributed by atoms with van der Waals surface area (Å²) in [5.74, 6) is 0. The summed E-state index contributed by atoms with van der Waals surface area (Å²) in [6.07, 6.45) is -1.06. The number of hydrogen-bond acceptors (Lipinski definition) is 6. The fourth-order valence-electron chi connectivity index (χ4n) is 2.39. The molecule has 2 aliphatic heterocycles. The van der Waals surface area contributed by atoms with Gasteiger partial charge >= 0.3 is 5.70 Å². The monoisotopic (exact) mass is 293 g/mol. The average Bonchev–Trinajstić information content (AvgIpc) is 2.53. The van der Waals surface area contributed by atoms with Crippen molar-refractivity contribution in [3.05, 3.63) is 57.8 Å². The first-order chi connectivity index (χ1) is 10.2. The Hall–Kier alpha value is -1.80. The zero-order valence-corrected chi connectivity index (χ0v) is 11.4. The highest BCUT2D eigenvalue weighted by atomic mass is 16.7. The van der Waals surface area contributed by atoms with Crippen molar-refractivity contribution in [3.63, 3.8) is 0 Å². The van der Waals surface area contributed by atoms with Gasteiger partial charge in [-0.05, 0) is 0 Å². The van der Waals surface area contributed by atoms with Gasteiger partial charge in [-0.1, -0.05) is 30.3 Å². The molecule has 112 valence electrons. The van der Waals surface area contributed by atoms with Crippen LogP contribution in [0.25, 0.3) is 0 Å². The van der Waals surface area contributed by atoms with Crippen molar-refractivity contribution in [1.82, 2.24) is 0 Å². The van der Waals surface area contributed by atoms with Crippen molar-refractivity contribution in [1.29, 1.82) is 0 Å². The summed E-state index contributed by atoms with van der Waals surface area (Å²) in [5, 5.41) is 11.0. The number of ether oxygens (including phenoxy) is 4. The zero-order valence-electron chi connectivity index (χ0n) is 11.4. The molecule has 1 fully saturated rings. The number of rotatable bonds is 3. The number of hydrogen-bond donors (Lipinski definition) is 0. The van der Waals surface area contributed by atoms with Gasteiger partial charge in [0.25, 0.3) is 6.29 Å². The van der Waals surface area contributed by atoms with Gasteiger partial charge in [0.05, 0.1) is 11.5 Å². The van der Waals surface area contributed by atoms with Crippen LogP contribution in [0.15, 0.2) is 42.1 Å². The molecule has 0 bridgehead atoms. The first-order valence-corrected chi connectivity index (χ1v) is 6.55. The van der Waals surface area contributed by atoms with E-state index < -0.39 is 29.7 Å². The summed E-state index contributed by atoms with van der Waals surface area (Å²) in [7, 11) is 1.36. The van der Waals surface area contributed by atoms with E-state index in [1.165, 1.54) is 13.2 Å². The minimum Gasteiger partial charge on any atom is -0.347 e. The first-order valence-electron chi connectivity index (χ1n) is 6.55. The summed E-state index contributed by atoms with van der Waals surface area (Å²) in [4.78, 5) is 10.5. The number of nitro groups is 1. The van der Waals surface area contributed by atoms with Crippen molar-refractivity contribution in [3.8, 4) is 0 Å². The quantitative estimate of drug-likeness (QED) is 0.622. The van der Waals surface area contributed by atoms with Gasteiger partial charge in [-0.25, -0.2) is 0 Å². The van der Waals surface area contributed by atoms with Crippen LogP contribution in [-0.2, 0) is 18.9 Å². The van der Waals surface area contributed by atoms with Gasteiger partial charge in [-0.3, -0.25) is 10.1 Å². The molecule has 0 aromatic heterocycles. The molecule has 21 heavy (non-hydrogen) atoms. The minimum atomic E-state index is -0.998. The maximum Gasteiger partial charge on any atom is 0.300 e. The van der Waals surface area contributed by atoms with E-state index in [9.17, 15) is 10.1 Å². The van der Waals surface area contributed by atoms with Crippen molar-refractivity contribution < 1.29 is 23.9 Å². The predicted molar refractivity (Wildman–Crippen MR) is 70.8 cm³/mol. The number of fused-ring (bicyclic) bond motifs is 1.